The second kappa shape index (κ2) is 5.27. The second-order valence-electron chi connectivity index (χ2n) is 5.92. The van der Waals surface area contributed by atoms with Gasteiger partial charge in [-0.15, -0.1) is 0 Å². The average molecular weight is 328 g/mol. The first kappa shape index (κ1) is 13.9. The molecule has 2 aromatic carbocycles. The number of aromatic nitrogens is 4. The highest BCUT2D eigenvalue weighted by atomic mass is 19.1. The van der Waals surface area contributed by atoms with Gasteiger partial charge in [-0.2, -0.15) is 5.10 Å². The fraction of sp³-hybridized carbons (Fsp3) is 0. The first-order chi connectivity index (χ1) is 12.3. The van der Waals surface area contributed by atoms with Crippen molar-refractivity contribution in [2.75, 3.05) is 0 Å². The van der Waals surface area contributed by atoms with Crippen LogP contribution >= 0.6 is 0 Å². The maximum absolute atomic E-state index is 13.1. The Balaban J connectivity index is 1.60. The van der Waals surface area contributed by atoms with Gasteiger partial charge < -0.3 is 4.40 Å². The Morgan fingerprint density at radius 2 is 1.64 bits per heavy atom. The van der Waals surface area contributed by atoms with Gasteiger partial charge in [-0.1, -0.05) is 18.2 Å². The van der Waals surface area contributed by atoms with E-state index >= 15 is 0 Å². The molecule has 3 heterocycles. The molecule has 3 aromatic heterocycles. The van der Waals surface area contributed by atoms with Crippen LogP contribution in [0.15, 0.2) is 79.3 Å². The van der Waals surface area contributed by atoms with Crippen LogP contribution in [0, 0.1) is 5.82 Å². The van der Waals surface area contributed by atoms with Crippen molar-refractivity contribution in [2.45, 2.75) is 0 Å². The largest absolute Gasteiger partial charge is 0.304 e. The highest BCUT2D eigenvalue weighted by molar-refractivity contribution is 5.78. The van der Waals surface area contributed by atoms with Crippen molar-refractivity contribution in [1.82, 2.24) is 19.2 Å². The van der Waals surface area contributed by atoms with Crippen LogP contribution in [0.1, 0.15) is 0 Å². The molecule has 0 saturated carbocycles. The van der Waals surface area contributed by atoms with Gasteiger partial charge in [0.2, 0.25) is 0 Å². The topological polar surface area (TPSA) is 35.1 Å². The minimum absolute atomic E-state index is 0.249. The molecule has 0 aliphatic heterocycles. The average Bonchev–Trinajstić information content (AvgIpc) is 3.25. The van der Waals surface area contributed by atoms with Crippen LogP contribution < -0.4 is 0 Å². The highest BCUT2D eigenvalue weighted by Gasteiger charge is 2.07. The Labute approximate surface area is 142 Å². The van der Waals surface area contributed by atoms with Crippen LogP contribution in [0.3, 0.4) is 0 Å². The van der Waals surface area contributed by atoms with E-state index in [4.69, 9.17) is 0 Å². The van der Waals surface area contributed by atoms with Crippen LogP contribution in [0.25, 0.3) is 33.5 Å². The maximum Gasteiger partial charge on any atom is 0.137 e. The lowest BCUT2D eigenvalue weighted by molar-refractivity contribution is 0.628. The summed E-state index contributed by atoms with van der Waals surface area (Å²) >= 11 is 0. The predicted molar refractivity (Wildman–Crippen MR) is 95.2 cm³/mol. The van der Waals surface area contributed by atoms with Gasteiger partial charge in [0.05, 0.1) is 16.9 Å². The summed E-state index contributed by atoms with van der Waals surface area (Å²) in [5.41, 5.74) is 4.44. The SMILES string of the molecule is Fc1ccc(-c2cn3cc(-n4cc5ccccc5n4)ccc3n2)cc1. The van der Waals surface area contributed by atoms with Crippen molar-refractivity contribution in [3.63, 3.8) is 0 Å². The van der Waals surface area contributed by atoms with E-state index in [-0.39, 0.29) is 5.82 Å². The minimum Gasteiger partial charge on any atom is -0.304 e. The lowest BCUT2D eigenvalue weighted by Crippen LogP contribution is -1.96. The van der Waals surface area contributed by atoms with E-state index in [0.717, 1.165) is 33.5 Å². The number of rotatable bonds is 2. The number of benzene rings is 2. The molecule has 0 aliphatic carbocycles. The summed E-state index contributed by atoms with van der Waals surface area (Å²) in [5.74, 6) is -0.249. The summed E-state index contributed by atoms with van der Waals surface area (Å²) in [5, 5.41) is 5.70. The zero-order valence-electron chi connectivity index (χ0n) is 13.2. The molecule has 0 atom stereocenters. The van der Waals surface area contributed by atoms with Gasteiger partial charge in [-0.05, 0) is 42.5 Å². The van der Waals surface area contributed by atoms with E-state index in [0.29, 0.717) is 0 Å². The third-order valence-electron chi connectivity index (χ3n) is 4.25. The second-order valence-corrected chi connectivity index (χ2v) is 5.92. The number of nitrogens with zero attached hydrogens (tertiary/aromatic N) is 4. The predicted octanol–water partition coefficient (Wildman–Crippen LogP) is 4.48. The molecule has 0 radical (unpaired) electrons. The number of fused-ring (bicyclic) bond motifs is 2. The molecule has 0 saturated heterocycles. The van der Waals surface area contributed by atoms with E-state index in [1.807, 2.05) is 64.1 Å². The molecule has 0 aliphatic rings. The van der Waals surface area contributed by atoms with Crippen LogP contribution in [0.2, 0.25) is 0 Å². The quantitative estimate of drug-likeness (QED) is 0.479. The van der Waals surface area contributed by atoms with Crippen LogP contribution in [-0.2, 0) is 0 Å². The number of imidazole rings is 1. The molecule has 25 heavy (non-hydrogen) atoms. The summed E-state index contributed by atoms with van der Waals surface area (Å²) < 4.78 is 16.9. The summed E-state index contributed by atoms with van der Waals surface area (Å²) in [6.07, 6.45) is 5.94. The van der Waals surface area contributed by atoms with Gasteiger partial charge in [0.15, 0.2) is 0 Å². The van der Waals surface area contributed by atoms with Crippen molar-refractivity contribution >= 4 is 16.6 Å². The summed E-state index contributed by atoms with van der Waals surface area (Å²) in [6, 6.07) is 18.3. The molecule has 4 nitrogen and oxygen atoms in total. The Bertz CT molecular complexity index is 1170. The molecule has 0 N–H and O–H groups in total. The molecular weight excluding hydrogens is 315 g/mol. The van der Waals surface area contributed by atoms with E-state index in [1.165, 1.54) is 12.1 Å². The number of hydrogen-bond donors (Lipinski definition) is 0. The molecule has 5 heteroatoms. The molecule has 5 rings (SSSR count). The van der Waals surface area contributed by atoms with E-state index in [2.05, 4.69) is 10.1 Å². The lowest BCUT2D eigenvalue weighted by Gasteiger charge is -2.01. The first-order valence-electron chi connectivity index (χ1n) is 7.96. The van der Waals surface area contributed by atoms with Gasteiger partial charge in [0.25, 0.3) is 0 Å². The Morgan fingerprint density at radius 3 is 2.48 bits per heavy atom. The molecule has 120 valence electrons. The molecular formula is C20H13FN4. The first-order valence-corrected chi connectivity index (χ1v) is 7.96. The monoisotopic (exact) mass is 328 g/mol. The third-order valence-corrected chi connectivity index (χ3v) is 4.25. The minimum atomic E-state index is -0.249. The Kier molecular flexibility index (Phi) is 2.94. The molecule has 5 aromatic rings. The zero-order valence-corrected chi connectivity index (χ0v) is 13.2. The van der Waals surface area contributed by atoms with Gasteiger partial charge in [-0.25, -0.2) is 14.1 Å². The van der Waals surface area contributed by atoms with Crippen molar-refractivity contribution in [3.05, 3.63) is 85.1 Å². The Hall–Kier alpha value is -3.47. The molecule has 0 amide bonds. The molecule has 0 spiro atoms. The summed E-state index contributed by atoms with van der Waals surface area (Å²) in [7, 11) is 0. The van der Waals surface area contributed by atoms with Crippen LogP contribution in [0.4, 0.5) is 4.39 Å². The fourth-order valence-electron chi connectivity index (χ4n) is 2.97. The lowest BCUT2D eigenvalue weighted by atomic mass is 10.2. The van der Waals surface area contributed by atoms with Gasteiger partial charge in [0.1, 0.15) is 11.5 Å². The molecule has 0 bridgehead atoms. The zero-order chi connectivity index (χ0) is 16.8. The Morgan fingerprint density at radius 1 is 0.800 bits per heavy atom. The van der Waals surface area contributed by atoms with Crippen molar-refractivity contribution in [1.29, 1.82) is 0 Å². The van der Waals surface area contributed by atoms with Crippen LogP contribution in [0.5, 0.6) is 0 Å². The van der Waals surface area contributed by atoms with E-state index < -0.39 is 0 Å². The van der Waals surface area contributed by atoms with Crippen molar-refractivity contribution in [2.24, 2.45) is 0 Å². The van der Waals surface area contributed by atoms with E-state index in [9.17, 15) is 4.39 Å². The maximum atomic E-state index is 13.1. The number of hydrogen-bond acceptors (Lipinski definition) is 2. The van der Waals surface area contributed by atoms with Gasteiger partial charge in [-0.3, -0.25) is 0 Å². The number of halogens is 1. The van der Waals surface area contributed by atoms with Crippen LogP contribution in [-0.4, -0.2) is 19.2 Å². The fourth-order valence-corrected chi connectivity index (χ4v) is 2.97. The summed E-state index contributed by atoms with van der Waals surface area (Å²) in [4.78, 5) is 4.60. The van der Waals surface area contributed by atoms with E-state index in [1.54, 1.807) is 12.1 Å². The van der Waals surface area contributed by atoms with Crippen molar-refractivity contribution in [3.8, 4) is 16.9 Å². The standard InChI is InChI=1S/C20H13FN4/c21-16-7-5-14(6-8-16)19-13-24-12-17(9-10-20(24)22-19)25-11-15-3-1-2-4-18(15)23-25/h1-13H. The normalized spacial score (nSPS) is 11.4. The smallest absolute Gasteiger partial charge is 0.137 e. The van der Waals surface area contributed by atoms with Gasteiger partial charge in [0, 0.05) is 29.5 Å². The molecule has 0 unspecified atom stereocenters. The van der Waals surface area contributed by atoms with Crippen molar-refractivity contribution < 1.29 is 4.39 Å². The highest BCUT2D eigenvalue weighted by Crippen LogP contribution is 2.21. The van der Waals surface area contributed by atoms with Gasteiger partial charge >= 0.3 is 0 Å². The summed E-state index contributed by atoms with van der Waals surface area (Å²) in [6.45, 7) is 0. The molecule has 0 fully saturated rings. The number of pyridine rings is 1. The third kappa shape index (κ3) is 2.37.